The van der Waals surface area contributed by atoms with Gasteiger partial charge in [-0.05, 0) is 30.3 Å². The average Bonchev–Trinajstić information content (AvgIpc) is 2.90. The SMILES string of the molecule is O=CNNC(=O)c1ccc(-n2cccn2)cc1. The number of amides is 2. The Labute approximate surface area is 97.2 Å². The summed E-state index contributed by atoms with van der Waals surface area (Å²) in [6.45, 7) is 0. The van der Waals surface area contributed by atoms with Gasteiger partial charge in [-0.1, -0.05) is 0 Å². The molecule has 0 aliphatic rings. The smallest absolute Gasteiger partial charge is 0.269 e. The summed E-state index contributed by atoms with van der Waals surface area (Å²) in [4.78, 5) is 21.5. The van der Waals surface area contributed by atoms with Crippen LogP contribution in [0.15, 0.2) is 42.7 Å². The van der Waals surface area contributed by atoms with Crippen molar-refractivity contribution in [2.45, 2.75) is 0 Å². The Hall–Kier alpha value is -2.63. The van der Waals surface area contributed by atoms with Crippen molar-refractivity contribution in [3.63, 3.8) is 0 Å². The van der Waals surface area contributed by atoms with Crippen molar-refractivity contribution in [2.24, 2.45) is 0 Å². The lowest BCUT2D eigenvalue weighted by atomic mass is 10.2. The Balaban J connectivity index is 2.13. The summed E-state index contributed by atoms with van der Waals surface area (Å²) in [5, 5.41) is 4.07. The lowest BCUT2D eigenvalue weighted by molar-refractivity contribution is -0.110. The van der Waals surface area contributed by atoms with Crippen molar-refractivity contribution in [1.82, 2.24) is 20.6 Å². The van der Waals surface area contributed by atoms with E-state index in [2.05, 4.69) is 16.0 Å². The summed E-state index contributed by atoms with van der Waals surface area (Å²) < 4.78 is 1.69. The zero-order chi connectivity index (χ0) is 12.1. The Kier molecular flexibility index (Phi) is 3.15. The van der Waals surface area contributed by atoms with Gasteiger partial charge in [-0.3, -0.25) is 20.4 Å². The molecule has 0 saturated carbocycles. The van der Waals surface area contributed by atoms with E-state index in [4.69, 9.17) is 0 Å². The second kappa shape index (κ2) is 4.93. The van der Waals surface area contributed by atoms with Crippen molar-refractivity contribution < 1.29 is 9.59 Å². The monoisotopic (exact) mass is 230 g/mol. The molecule has 1 aromatic heterocycles. The van der Waals surface area contributed by atoms with Crippen molar-refractivity contribution >= 4 is 12.3 Å². The van der Waals surface area contributed by atoms with Crippen LogP contribution < -0.4 is 10.9 Å². The molecule has 2 amide bonds. The average molecular weight is 230 g/mol. The van der Waals surface area contributed by atoms with Gasteiger partial charge in [0.15, 0.2) is 0 Å². The van der Waals surface area contributed by atoms with E-state index >= 15 is 0 Å². The fourth-order valence-corrected chi connectivity index (χ4v) is 1.35. The molecule has 1 heterocycles. The largest absolute Gasteiger partial charge is 0.277 e. The number of nitrogens with zero attached hydrogens (tertiary/aromatic N) is 2. The van der Waals surface area contributed by atoms with Crippen LogP contribution >= 0.6 is 0 Å². The molecule has 1 aromatic carbocycles. The molecule has 0 spiro atoms. The van der Waals surface area contributed by atoms with Gasteiger partial charge in [0.1, 0.15) is 0 Å². The van der Waals surface area contributed by atoms with Gasteiger partial charge in [-0.15, -0.1) is 0 Å². The minimum absolute atomic E-state index is 0.371. The Bertz CT molecular complexity index is 505. The molecular weight excluding hydrogens is 220 g/mol. The minimum Gasteiger partial charge on any atom is -0.277 e. The van der Waals surface area contributed by atoms with Gasteiger partial charge in [0.05, 0.1) is 5.69 Å². The van der Waals surface area contributed by atoms with Crippen LogP contribution in [0.3, 0.4) is 0 Å². The second-order valence-corrected chi connectivity index (χ2v) is 3.21. The molecule has 0 atom stereocenters. The van der Waals surface area contributed by atoms with Gasteiger partial charge < -0.3 is 0 Å². The number of hydrogen-bond donors (Lipinski definition) is 2. The predicted molar refractivity (Wildman–Crippen MR) is 60.2 cm³/mol. The molecule has 0 radical (unpaired) electrons. The number of carbonyl (C=O) groups is 2. The van der Waals surface area contributed by atoms with E-state index in [0.29, 0.717) is 12.0 Å². The minimum atomic E-state index is -0.371. The number of benzene rings is 1. The van der Waals surface area contributed by atoms with Gasteiger partial charge in [-0.25, -0.2) is 4.68 Å². The van der Waals surface area contributed by atoms with Crippen LogP contribution in [0.2, 0.25) is 0 Å². The highest BCUT2D eigenvalue weighted by Gasteiger charge is 2.04. The first-order valence-corrected chi connectivity index (χ1v) is 4.91. The Morgan fingerprint density at radius 1 is 1.29 bits per heavy atom. The normalized spacial score (nSPS) is 9.65. The molecule has 6 nitrogen and oxygen atoms in total. The topological polar surface area (TPSA) is 76.0 Å². The molecule has 86 valence electrons. The number of nitrogens with one attached hydrogen (secondary N) is 2. The van der Waals surface area contributed by atoms with E-state index in [9.17, 15) is 9.59 Å². The van der Waals surface area contributed by atoms with E-state index in [-0.39, 0.29) is 5.91 Å². The van der Waals surface area contributed by atoms with Gasteiger partial charge in [0.25, 0.3) is 5.91 Å². The molecule has 0 aliphatic heterocycles. The molecule has 2 N–H and O–H groups in total. The first kappa shape index (κ1) is 10.9. The highest BCUT2D eigenvalue weighted by Crippen LogP contribution is 2.08. The molecule has 0 saturated heterocycles. The Morgan fingerprint density at radius 3 is 2.65 bits per heavy atom. The summed E-state index contributed by atoms with van der Waals surface area (Å²) in [6.07, 6.45) is 3.88. The van der Waals surface area contributed by atoms with Gasteiger partial charge in [-0.2, -0.15) is 5.10 Å². The van der Waals surface area contributed by atoms with Crippen molar-refractivity contribution in [1.29, 1.82) is 0 Å². The molecule has 0 unspecified atom stereocenters. The van der Waals surface area contributed by atoms with Crippen LogP contribution in [-0.2, 0) is 4.79 Å². The van der Waals surface area contributed by atoms with E-state index in [0.717, 1.165) is 5.69 Å². The molecular formula is C11H10N4O2. The highest BCUT2D eigenvalue weighted by atomic mass is 16.2. The lowest BCUT2D eigenvalue weighted by Crippen LogP contribution is -2.36. The molecule has 2 aromatic rings. The molecule has 2 rings (SSSR count). The summed E-state index contributed by atoms with van der Waals surface area (Å²) in [7, 11) is 0. The third-order valence-electron chi connectivity index (χ3n) is 2.14. The number of hydrogen-bond acceptors (Lipinski definition) is 3. The number of rotatable bonds is 4. The summed E-state index contributed by atoms with van der Waals surface area (Å²) >= 11 is 0. The zero-order valence-corrected chi connectivity index (χ0v) is 8.83. The molecule has 6 heteroatoms. The number of carbonyl (C=O) groups excluding carboxylic acids is 2. The zero-order valence-electron chi connectivity index (χ0n) is 8.83. The quantitative estimate of drug-likeness (QED) is 0.584. The maximum absolute atomic E-state index is 11.4. The third-order valence-corrected chi connectivity index (χ3v) is 2.14. The molecule has 0 fully saturated rings. The van der Waals surface area contributed by atoms with Crippen LogP contribution in [0.4, 0.5) is 0 Å². The van der Waals surface area contributed by atoms with Crippen molar-refractivity contribution in [3.8, 4) is 5.69 Å². The van der Waals surface area contributed by atoms with Crippen LogP contribution in [0.1, 0.15) is 10.4 Å². The van der Waals surface area contributed by atoms with Crippen LogP contribution in [-0.4, -0.2) is 22.1 Å². The van der Waals surface area contributed by atoms with Crippen LogP contribution in [0, 0.1) is 0 Å². The Morgan fingerprint density at radius 2 is 2.06 bits per heavy atom. The third kappa shape index (κ3) is 2.49. The van der Waals surface area contributed by atoms with Crippen molar-refractivity contribution in [2.75, 3.05) is 0 Å². The van der Waals surface area contributed by atoms with Crippen molar-refractivity contribution in [3.05, 3.63) is 48.3 Å². The van der Waals surface area contributed by atoms with Gasteiger partial charge >= 0.3 is 0 Å². The standard InChI is InChI=1S/C11H10N4O2/c16-8-12-14-11(17)9-2-4-10(5-3-9)15-7-1-6-13-15/h1-8H,(H,12,16)(H,14,17). The molecule has 17 heavy (non-hydrogen) atoms. The van der Waals surface area contributed by atoms with E-state index < -0.39 is 0 Å². The predicted octanol–water partition coefficient (Wildman–Crippen LogP) is 0.263. The van der Waals surface area contributed by atoms with E-state index in [1.165, 1.54) is 0 Å². The van der Waals surface area contributed by atoms with Crippen LogP contribution in [0.25, 0.3) is 5.69 Å². The fraction of sp³-hybridized carbons (Fsp3) is 0. The summed E-state index contributed by atoms with van der Waals surface area (Å²) in [5.41, 5.74) is 5.62. The number of hydrazine groups is 1. The van der Waals surface area contributed by atoms with Gasteiger partial charge in [0.2, 0.25) is 6.41 Å². The van der Waals surface area contributed by atoms with Gasteiger partial charge in [0, 0.05) is 18.0 Å². The maximum atomic E-state index is 11.4. The first-order valence-electron chi connectivity index (χ1n) is 4.91. The molecule has 0 bridgehead atoms. The van der Waals surface area contributed by atoms with E-state index in [1.54, 1.807) is 35.1 Å². The lowest BCUT2D eigenvalue weighted by Gasteiger charge is -2.04. The van der Waals surface area contributed by atoms with Crippen LogP contribution in [0.5, 0.6) is 0 Å². The summed E-state index contributed by atoms with van der Waals surface area (Å²) in [5.74, 6) is -0.371. The molecule has 0 aliphatic carbocycles. The van der Waals surface area contributed by atoms with E-state index in [1.807, 2.05) is 12.3 Å². The highest BCUT2D eigenvalue weighted by molar-refractivity contribution is 5.94. The first-order chi connectivity index (χ1) is 8.31. The maximum Gasteiger partial charge on any atom is 0.269 e. The second-order valence-electron chi connectivity index (χ2n) is 3.21. The number of aromatic nitrogens is 2. The summed E-state index contributed by atoms with van der Waals surface area (Å²) in [6, 6.07) is 8.65. The fourth-order valence-electron chi connectivity index (χ4n) is 1.35.